The second kappa shape index (κ2) is 10.3. The number of benzene rings is 2. The number of rotatable bonds is 5. The predicted octanol–water partition coefficient (Wildman–Crippen LogP) is 6.37. The largest absolute Gasteiger partial charge is 0.497 e. The number of hydrogen-bond donors (Lipinski definition) is 1. The van der Waals surface area contributed by atoms with E-state index in [4.69, 9.17) is 14.5 Å². The Balaban J connectivity index is 1.47. The van der Waals surface area contributed by atoms with Crippen LogP contribution in [-0.4, -0.2) is 40.8 Å². The molecule has 0 bridgehead atoms. The second-order valence-electron chi connectivity index (χ2n) is 9.37. The number of aliphatic imine (C=N–C) groups is 1. The Morgan fingerprint density at radius 3 is 2.56 bits per heavy atom. The zero-order valence-electron chi connectivity index (χ0n) is 21.3. The van der Waals surface area contributed by atoms with Crippen molar-refractivity contribution in [2.75, 3.05) is 20.3 Å². The van der Waals surface area contributed by atoms with Gasteiger partial charge in [-0.25, -0.2) is 9.98 Å². The third kappa shape index (κ3) is 4.98. The highest BCUT2D eigenvalue weighted by Gasteiger charge is 2.23. The lowest BCUT2D eigenvalue weighted by Crippen LogP contribution is -2.27. The van der Waals surface area contributed by atoms with E-state index in [0.29, 0.717) is 6.61 Å². The van der Waals surface area contributed by atoms with Gasteiger partial charge in [-0.15, -0.1) is 0 Å². The number of allylic oxidation sites excluding steroid dienone is 4. The van der Waals surface area contributed by atoms with Crippen LogP contribution in [0.3, 0.4) is 0 Å². The van der Waals surface area contributed by atoms with Crippen molar-refractivity contribution in [2.45, 2.75) is 27.3 Å². The number of ether oxygens (including phenoxy) is 2. The lowest BCUT2D eigenvalue weighted by Gasteiger charge is -2.27. The molecule has 6 heteroatoms. The topological polar surface area (TPSA) is 62.7 Å². The van der Waals surface area contributed by atoms with Crippen LogP contribution in [0.2, 0.25) is 0 Å². The molecule has 2 aliphatic rings. The van der Waals surface area contributed by atoms with Gasteiger partial charge in [0.15, 0.2) is 0 Å². The number of H-pyrrole nitrogens is 1. The smallest absolute Gasteiger partial charge is 0.132 e. The first kappa shape index (κ1) is 23.7. The molecule has 3 aromatic rings. The molecule has 0 saturated heterocycles. The summed E-state index contributed by atoms with van der Waals surface area (Å²) in [7, 11) is 1.71. The zero-order valence-corrected chi connectivity index (χ0v) is 21.3. The van der Waals surface area contributed by atoms with Crippen molar-refractivity contribution in [3.8, 4) is 28.1 Å². The highest BCUT2D eigenvalue weighted by molar-refractivity contribution is 5.80. The lowest BCUT2D eigenvalue weighted by molar-refractivity contribution is 0.260. The minimum absolute atomic E-state index is 0.200. The number of fused-ring (bicyclic) bond motifs is 1. The van der Waals surface area contributed by atoms with Crippen molar-refractivity contribution in [1.29, 1.82) is 0 Å². The van der Waals surface area contributed by atoms with Gasteiger partial charge in [-0.05, 0) is 54.8 Å². The summed E-state index contributed by atoms with van der Waals surface area (Å²) in [5.74, 6) is 3.02. The summed E-state index contributed by atoms with van der Waals surface area (Å²) in [5.41, 5.74) is 7.83. The maximum absolute atomic E-state index is 6.17. The summed E-state index contributed by atoms with van der Waals surface area (Å²) in [6.45, 7) is 8.37. The number of hydrogen-bond acceptors (Lipinski definition) is 5. The van der Waals surface area contributed by atoms with E-state index in [1.165, 1.54) is 16.7 Å². The van der Waals surface area contributed by atoms with Gasteiger partial charge in [0, 0.05) is 29.3 Å². The molecule has 0 saturated carbocycles. The molecule has 0 amide bonds. The van der Waals surface area contributed by atoms with Gasteiger partial charge in [0.2, 0.25) is 0 Å². The Morgan fingerprint density at radius 2 is 1.86 bits per heavy atom. The van der Waals surface area contributed by atoms with Gasteiger partial charge in [-0.1, -0.05) is 43.3 Å². The van der Waals surface area contributed by atoms with Crippen LogP contribution in [0.4, 0.5) is 0 Å². The molecule has 0 fully saturated rings. The normalized spacial score (nSPS) is 18.5. The highest BCUT2D eigenvalue weighted by Crippen LogP contribution is 2.34. The molecule has 1 unspecified atom stereocenters. The fourth-order valence-corrected chi connectivity index (χ4v) is 4.67. The molecular weight excluding hydrogens is 448 g/mol. The summed E-state index contributed by atoms with van der Waals surface area (Å²) in [6, 6.07) is 15.0. The molecule has 2 aromatic carbocycles. The Morgan fingerprint density at radius 1 is 1.08 bits per heavy atom. The van der Waals surface area contributed by atoms with Crippen molar-refractivity contribution in [2.24, 2.45) is 10.9 Å². The molecule has 1 aromatic heterocycles. The average molecular weight is 481 g/mol. The van der Waals surface area contributed by atoms with Gasteiger partial charge in [-0.3, -0.25) is 0 Å². The van der Waals surface area contributed by atoms with Crippen molar-refractivity contribution in [3.05, 3.63) is 95.9 Å². The molecule has 184 valence electrons. The summed E-state index contributed by atoms with van der Waals surface area (Å²) in [5, 5.41) is 0. The number of imidazole rings is 1. The van der Waals surface area contributed by atoms with Gasteiger partial charge in [0.1, 0.15) is 23.9 Å². The SMILES string of the molecule is COC1=CC(C)/C(=C(\N=C(C)C)N2CCOc3ccc(-c4ccc(-c5cnc[nH]5)cc4)cc3C2)C=C1. The van der Waals surface area contributed by atoms with Crippen LogP contribution in [0, 0.1) is 5.92 Å². The summed E-state index contributed by atoms with van der Waals surface area (Å²) < 4.78 is 11.6. The minimum atomic E-state index is 0.200. The summed E-state index contributed by atoms with van der Waals surface area (Å²) in [4.78, 5) is 14.6. The fraction of sp³-hybridized carbons (Fsp3) is 0.267. The van der Waals surface area contributed by atoms with E-state index in [9.17, 15) is 0 Å². The second-order valence-corrected chi connectivity index (χ2v) is 9.37. The van der Waals surface area contributed by atoms with Gasteiger partial charge in [0.05, 0.1) is 31.9 Å². The predicted molar refractivity (Wildman–Crippen MR) is 145 cm³/mol. The Kier molecular flexibility index (Phi) is 6.76. The highest BCUT2D eigenvalue weighted by atomic mass is 16.5. The van der Waals surface area contributed by atoms with Gasteiger partial charge in [0.25, 0.3) is 0 Å². The maximum atomic E-state index is 6.17. The molecule has 0 radical (unpaired) electrons. The van der Waals surface area contributed by atoms with Crippen LogP contribution >= 0.6 is 0 Å². The molecule has 1 atom stereocenters. The average Bonchev–Trinajstić information content (AvgIpc) is 3.34. The van der Waals surface area contributed by atoms with Crippen molar-refractivity contribution in [1.82, 2.24) is 14.9 Å². The zero-order chi connectivity index (χ0) is 25.1. The van der Waals surface area contributed by atoms with Crippen molar-refractivity contribution >= 4 is 5.71 Å². The van der Waals surface area contributed by atoms with E-state index in [1.807, 2.05) is 26.1 Å². The lowest BCUT2D eigenvalue weighted by atomic mass is 9.95. The molecular formula is C30H32N4O2. The van der Waals surface area contributed by atoms with Gasteiger partial charge >= 0.3 is 0 Å². The van der Waals surface area contributed by atoms with Gasteiger partial charge in [-0.2, -0.15) is 0 Å². The number of methoxy groups -OCH3 is 1. The summed E-state index contributed by atoms with van der Waals surface area (Å²) >= 11 is 0. The van der Waals surface area contributed by atoms with Crippen LogP contribution in [0.5, 0.6) is 5.75 Å². The molecule has 1 aliphatic heterocycles. The third-order valence-electron chi connectivity index (χ3n) is 6.52. The molecule has 1 aliphatic carbocycles. The molecule has 6 nitrogen and oxygen atoms in total. The number of aromatic amines is 1. The first-order valence-electron chi connectivity index (χ1n) is 12.3. The summed E-state index contributed by atoms with van der Waals surface area (Å²) in [6.07, 6.45) is 9.83. The van der Waals surface area contributed by atoms with E-state index in [1.54, 1.807) is 13.4 Å². The minimum Gasteiger partial charge on any atom is -0.497 e. The maximum Gasteiger partial charge on any atom is 0.132 e. The van der Waals surface area contributed by atoms with Crippen molar-refractivity contribution in [3.63, 3.8) is 0 Å². The van der Waals surface area contributed by atoms with E-state index in [0.717, 1.165) is 53.0 Å². The number of nitrogens with zero attached hydrogens (tertiary/aromatic N) is 3. The van der Waals surface area contributed by atoms with E-state index in [-0.39, 0.29) is 5.92 Å². The third-order valence-corrected chi connectivity index (χ3v) is 6.52. The number of nitrogens with one attached hydrogen (secondary N) is 1. The fourth-order valence-electron chi connectivity index (χ4n) is 4.67. The molecule has 0 spiro atoms. The van der Waals surface area contributed by atoms with Crippen LogP contribution < -0.4 is 4.74 Å². The quantitative estimate of drug-likeness (QED) is 0.431. The van der Waals surface area contributed by atoms with Crippen LogP contribution in [-0.2, 0) is 11.3 Å². The van der Waals surface area contributed by atoms with Crippen LogP contribution in [0.15, 0.2) is 95.4 Å². The van der Waals surface area contributed by atoms with Crippen LogP contribution in [0.1, 0.15) is 26.3 Å². The first-order valence-corrected chi connectivity index (χ1v) is 12.3. The first-order chi connectivity index (χ1) is 17.5. The van der Waals surface area contributed by atoms with E-state index >= 15 is 0 Å². The molecule has 2 heterocycles. The van der Waals surface area contributed by atoms with E-state index in [2.05, 4.69) is 76.4 Å². The molecule has 1 N–H and O–H groups in total. The Labute approximate surface area is 212 Å². The number of aromatic nitrogens is 2. The van der Waals surface area contributed by atoms with E-state index < -0.39 is 0 Å². The molecule has 5 rings (SSSR count). The van der Waals surface area contributed by atoms with Crippen LogP contribution in [0.25, 0.3) is 22.4 Å². The van der Waals surface area contributed by atoms with Gasteiger partial charge < -0.3 is 19.4 Å². The Bertz CT molecular complexity index is 1340. The standard InChI is InChI=1S/C30H32N4O2/c1-20(2)33-30(27-11-10-26(35-4)15-21(27)3)34-13-14-36-29-12-9-24(16-25(29)18-34)22-5-7-23(8-6-22)28-17-31-19-32-28/h5-12,15-17,19,21H,13-14,18H2,1-4H3,(H,31,32)/b30-27+. The Hall–Kier alpha value is -4.06. The van der Waals surface area contributed by atoms with Crippen molar-refractivity contribution < 1.29 is 9.47 Å². The monoisotopic (exact) mass is 480 g/mol. The molecule has 36 heavy (non-hydrogen) atoms.